The molecule has 0 N–H and O–H groups in total. The lowest BCUT2D eigenvalue weighted by atomic mass is 10.1. The predicted molar refractivity (Wildman–Crippen MR) is 58.9 cm³/mol. The lowest BCUT2D eigenvalue weighted by Gasteiger charge is -1.95. The number of hydrogen-bond acceptors (Lipinski definition) is 3. The second kappa shape index (κ2) is 3.71. The van der Waals surface area contributed by atoms with E-state index in [0.29, 0.717) is 10.2 Å². The summed E-state index contributed by atoms with van der Waals surface area (Å²) in [6.07, 6.45) is 1.50. The van der Waals surface area contributed by atoms with Crippen LogP contribution in [0.2, 0.25) is 0 Å². The van der Waals surface area contributed by atoms with Gasteiger partial charge in [0.15, 0.2) is 4.67 Å². The van der Waals surface area contributed by atoms with Crippen molar-refractivity contribution in [3.05, 3.63) is 44.4 Å². The third-order valence-electron chi connectivity index (χ3n) is 1.93. The molecule has 0 aliphatic heterocycles. The van der Waals surface area contributed by atoms with Crippen LogP contribution in [0.25, 0.3) is 0 Å². The Bertz CT molecular complexity index is 428. The summed E-state index contributed by atoms with van der Waals surface area (Å²) in [5.41, 5.74) is 1.59. The van der Waals surface area contributed by atoms with Crippen LogP contribution in [-0.4, -0.2) is 5.78 Å². The zero-order chi connectivity index (χ0) is 10.1. The molecule has 2 rings (SSSR count). The fraction of sp³-hybridized carbons (Fsp3) is 0.100. The molecule has 0 aliphatic carbocycles. The van der Waals surface area contributed by atoms with Crippen molar-refractivity contribution in [1.82, 2.24) is 0 Å². The average molecular weight is 271 g/mol. The number of carbonyl (C=O) groups is 1. The van der Waals surface area contributed by atoms with Crippen molar-refractivity contribution in [1.29, 1.82) is 0 Å². The molecular formula is C10H7BrO2S. The number of furan rings is 1. The monoisotopic (exact) mass is 270 g/mol. The fourth-order valence-electron chi connectivity index (χ4n) is 1.18. The quantitative estimate of drug-likeness (QED) is 0.780. The summed E-state index contributed by atoms with van der Waals surface area (Å²) in [6.45, 7) is 1.93. The Labute approximate surface area is 93.7 Å². The molecule has 0 spiro atoms. The first-order valence-electron chi connectivity index (χ1n) is 4.02. The molecule has 0 aromatic carbocycles. The SMILES string of the molecule is Cc1ccsc1C(=O)c1ccoc1Br. The molecule has 0 unspecified atom stereocenters. The summed E-state index contributed by atoms with van der Waals surface area (Å²) in [6, 6.07) is 3.61. The number of aryl methyl sites for hydroxylation is 1. The van der Waals surface area contributed by atoms with Crippen molar-refractivity contribution in [2.24, 2.45) is 0 Å². The third kappa shape index (κ3) is 1.55. The average Bonchev–Trinajstić information content (AvgIpc) is 2.73. The molecule has 72 valence electrons. The number of thiophene rings is 1. The first-order chi connectivity index (χ1) is 6.70. The van der Waals surface area contributed by atoms with Gasteiger partial charge in [0.05, 0.1) is 16.7 Å². The number of hydrogen-bond donors (Lipinski definition) is 0. The minimum atomic E-state index is 0.0122. The lowest BCUT2D eigenvalue weighted by Crippen LogP contribution is -1.99. The van der Waals surface area contributed by atoms with Crippen LogP contribution in [0.4, 0.5) is 0 Å². The van der Waals surface area contributed by atoms with Gasteiger partial charge in [-0.25, -0.2) is 0 Å². The largest absolute Gasteiger partial charge is 0.457 e. The fourth-order valence-corrected chi connectivity index (χ4v) is 2.48. The van der Waals surface area contributed by atoms with E-state index in [1.165, 1.54) is 17.6 Å². The highest BCUT2D eigenvalue weighted by molar-refractivity contribution is 9.10. The summed E-state index contributed by atoms with van der Waals surface area (Å²) < 4.78 is 5.52. The zero-order valence-electron chi connectivity index (χ0n) is 7.41. The van der Waals surface area contributed by atoms with Crippen LogP contribution < -0.4 is 0 Å². The Morgan fingerprint density at radius 1 is 1.50 bits per heavy atom. The highest BCUT2D eigenvalue weighted by Gasteiger charge is 2.17. The van der Waals surface area contributed by atoms with E-state index in [2.05, 4.69) is 15.9 Å². The Morgan fingerprint density at radius 3 is 2.79 bits per heavy atom. The Balaban J connectivity index is 2.44. The smallest absolute Gasteiger partial charge is 0.207 e. The highest BCUT2D eigenvalue weighted by atomic mass is 79.9. The second-order valence-corrected chi connectivity index (χ2v) is 4.51. The van der Waals surface area contributed by atoms with E-state index in [1.807, 2.05) is 18.4 Å². The van der Waals surface area contributed by atoms with Gasteiger partial charge in [0, 0.05) is 0 Å². The molecule has 14 heavy (non-hydrogen) atoms. The maximum Gasteiger partial charge on any atom is 0.207 e. The van der Waals surface area contributed by atoms with E-state index in [0.717, 1.165) is 10.4 Å². The number of carbonyl (C=O) groups excluding carboxylic acids is 1. The van der Waals surface area contributed by atoms with Crippen LogP contribution in [0.15, 0.2) is 32.9 Å². The maximum atomic E-state index is 11.9. The zero-order valence-corrected chi connectivity index (χ0v) is 9.81. The van der Waals surface area contributed by atoms with Gasteiger partial charge >= 0.3 is 0 Å². The standard InChI is InChI=1S/C10H7BrO2S/c1-6-3-5-14-9(6)8(12)7-2-4-13-10(7)11/h2-5H,1H3. The summed E-state index contributed by atoms with van der Waals surface area (Å²) in [5.74, 6) is 0.0122. The molecule has 0 saturated heterocycles. The minimum Gasteiger partial charge on any atom is -0.457 e. The van der Waals surface area contributed by atoms with Crippen molar-refractivity contribution in [2.45, 2.75) is 6.92 Å². The van der Waals surface area contributed by atoms with E-state index < -0.39 is 0 Å². The van der Waals surface area contributed by atoms with Crippen molar-refractivity contribution in [3.63, 3.8) is 0 Å². The van der Waals surface area contributed by atoms with E-state index in [9.17, 15) is 4.79 Å². The molecule has 0 bridgehead atoms. The van der Waals surface area contributed by atoms with E-state index in [-0.39, 0.29) is 5.78 Å². The van der Waals surface area contributed by atoms with Gasteiger partial charge < -0.3 is 4.42 Å². The topological polar surface area (TPSA) is 30.2 Å². The highest BCUT2D eigenvalue weighted by Crippen LogP contribution is 2.25. The molecule has 0 saturated carbocycles. The van der Waals surface area contributed by atoms with Crippen LogP contribution in [-0.2, 0) is 0 Å². The van der Waals surface area contributed by atoms with Gasteiger partial charge in [0.1, 0.15) is 0 Å². The van der Waals surface area contributed by atoms with Crippen molar-refractivity contribution < 1.29 is 9.21 Å². The van der Waals surface area contributed by atoms with Gasteiger partial charge in [-0.15, -0.1) is 11.3 Å². The molecular weight excluding hydrogens is 264 g/mol. The van der Waals surface area contributed by atoms with E-state index in [4.69, 9.17) is 4.42 Å². The van der Waals surface area contributed by atoms with Gasteiger partial charge in [-0.2, -0.15) is 0 Å². The summed E-state index contributed by atoms with van der Waals surface area (Å²) in [5, 5.41) is 1.91. The Kier molecular flexibility index (Phi) is 2.56. The van der Waals surface area contributed by atoms with Gasteiger partial charge in [-0.1, -0.05) is 0 Å². The second-order valence-electron chi connectivity index (χ2n) is 2.87. The molecule has 0 radical (unpaired) electrons. The molecule has 0 atom stereocenters. The predicted octanol–water partition coefficient (Wildman–Crippen LogP) is 3.64. The van der Waals surface area contributed by atoms with Gasteiger partial charge in [-0.3, -0.25) is 4.79 Å². The molecule has 2 nitrogen and oxygen atoms in total. The Hall–Kier alpha value is -0.870. The third-order valence-corrected chi connectivity index (χ3v) is 3.56. The van der Waals surface area contributed by atoms with Crippen molar-refractivity contribution in [3.8, 4) is 0 Å². The molecule has 0 fully saturated rings. The van der Waals surface area contributed by atoms with Crippen molar-refractivity contribution in [2.75, 3.05) is 0 Å². The first-order valence-corrected chi connectivity index (χ1v) is 5.69. The van der Waals surface area contributed by atoms with Crippen LogP contribution >= 0.6 is 27.3 Å². The molecule has 4 heteroatoms. The normalized spacial score (nSPS) is 10.4. The lowest BCUT2D eigenvalue weighted by molar-refractivity contribution is 0.104. The van der Waals surface area contributed by atoms with E-state index in [1.54, 1.807) is 6.07 Å². The number of ketones is 1. The summed E-state index contributed by atoms with van der Waals surface area (Å²) in [4.78, 5) is 12.7. The van der Waals surface area contributed by atoms with Crippen LogP contribution in [0.5, 0.6) is 0 Å². The summed E-state index contributed by atoms with van der Waals surface area (Å²) >= 11 is 4.65. The van der Waals surface area contributed by atoms with Gasteiger partial charge in [0.2, 0.25) is 5.78 Å². The van der Waals surface area contributed by atoms with Gasteiger partial charge in [-0.05, 0) is 45.9 Å². The van der Waals surface area contributed by atoms with Crippen LogP contribution in [0.1, 0.15) is 20.8 Å². The first kappa shape index (κ1) is 9.68. The van der Waals surface area contributed by atoms with Crippen molar-refractivity contribution >= 4 is 33.0 Å². The molecule has 2 aromatic rings. The summed E-state index contributed by atoms with van der Waals surface area (Å²) in [7, 11) is 0. The van der Waals surface area contributed by atoms with Gasteiger partial charge in [0.25, 0.3) is 0 Å². The maximum absolute atomic E-state index is 11.9. The minimum absolute atomic E-state index is 0.0122. The number of halogens is 1. The van der Waals surface area contributed by atoms with Crippen LogP contribution in [0, 0.1) is 6.92 Å². The van der Waals surface area contributed by atoms with Crippen LogP contribution in [0.3, 0.4) is 0 Å². The molecule has 0 amide bonds. The molecule has 2 aromatic heterocycles. The Morgan fingerprint density at radius 2 is 2.29 bits per heavy atom. The van der Waals surface area contributed by atoms with E-state index >= 15 is 0 Å². The molecule has 0 aliphatic rings. The molecule has 2 heterocycles. The number of rotatable bonds is 2.